The van der Waals surface area contributed by atoms with Crippen LogP contribution in [0.15, 0.2) is 48.6 Å². The average Bonchev–Trinajstić information content (AvgIpc) is 3.37. The fourth-order valence-electron chi connectivity index (χ4n) is 8.85. The second-order valence-corrected chi connectivity index (χ2v) is 20.3. The minimum absolute atomic E-state index is 0.0599. The van der Waals surface area contributed by atoms with Crippen LogP contribution < -0.4 is 0 Å². The third kappa shape index (κ3) is 39.7. The van der Waals surface area contributed by atoms with Gasteiger partial charge in [0.2, 0.25) is 0 Å². The fraction of sp³-hybridized carbons (Fsp3) is 0.803. The Labute approximate surface area is 443 Å². The maximum Gasteiger partial charge on any atom is 0.335 e. The average molecular weight is 1030 g/mol. The summed E-state index contributed by atoms with van der Waals surface area (Å²) in [6.07, 6.45) is 46.6. The van der Waals surface area contributed by atoms with Crippen molar-refractivity contribution in [1.82, 2.24) is 0 Å². The number of allylic oxidation sites excluding steroid dienone is 8. The molecule has 1 fully saturated rings. The quantitative estimate of drug-likeness (QED) is 0.0228. The summed E-state index contributed by atoms with van der Waals surface area (Å²) >= 11 is 0. The van der Waals surface area contributed by atoms with E-state index in [0.29, 0.717) is 19.3 Å². The van der Waals surface area contributed by atoms with Gasteiger partial charge < -0.3 is 39.0 Å². The molecule has 0 spiro atoms. The Hall–Kier alpha value is -3.32. The first-order chi connectivity index (χ1) is 35.6. The largest absolute Gasteiger partial charge is 0.479 e. The van der Waals surface area contributed by atoms with E-state index in [2.05, 4.69) is 69.4 Å². The predicted octanol–water partition coefficient (Wildman–Crippen LogP) is 15.0. The molecule has 12 heteroatoms. The molecule has 0 aromatic heterocycles. The molecule has 0 bridgehead atoms. The molecule has 0 aliphatic carbocycles. The molecule has 0 aromatic carbocycles. The number of ether oxygens (including phenoxy) is 5. The summed E-state index contributed by atoms with van der Waals surface area (Å²) in [5, 5.41) is 31.5. The predicted molar refractivity (Wildman–Crippen MR) is 294 cm³/mol. The minimum Gasteiger partial charge on any atom is -0.479 e. The lowest BCUT2D eigenvalue weighted by Gasteiger charge is -2.40. The molecular weight excluding hydrogens is 925 g/mol. The van der Waals surface area contributed by atoms with Crippen LogP contribution in [-0.4, -0.2) is 89.2 Å². The van der Waals surface area contributed by atoms with Crippen LogP contribution in [0.1, 0.15) is 265 Å². The van der Waals surface area contributed by atoms with E-state index in [1.165, 1.54) is 103 Å². The maximum atomic E-state index is 13.1. The molecule has 0 amide bonds. The number of carbonyl (C=O) groups excluding carboxylic acids is 3. The molecule has 0 aromatic rings. The van der Waals surface area contributed by atoms with Gasteiger partial charge in [-0.15, -0.1) is 0 Å². The molecule has 6 unspecified atom stereocenters. The lowest BCUT2D eigenvalue weighted by molar-refractivity contribution is -0.301. The number of hydrogen-bond acceptors (Lipinski definition) is 11. The number of carboxylic acids is 1. The zero-order valence-electron chi connectivity index (χ0n) is 46.4. The number of carboxylic acid groups (broad SMARTS) is 1. The van der Waals surface area contributed by atoms with Crippen LogP contribution in [0.25, 0.3) is 0 Å². The number of hydrogen-bond donors (Lipinski definition) is 3. The number of unbranched alkanes of at least 4 members (excludes halogenated alkanes) is 28. The van der Waals surface area contributed by atoms with Crippen LogP contribution in [0.2, 0.25) is 0 Å². The van der Waals surface area contributed by atoms with Gasteiger partial charge in [0, 0.05) is 19.3 Å². The first kappa shape index (κ1) is 67.7. The zero-order chi connectivity index (χ0) is 53.3. The van der Waals surface area contributed by atoms with Gasteiger partial charge in [-0.3, -0.25) is 14.4 Å². The molecule has 73 heavy (non-hydrogen) atoms. The molecule has 1 rings (SSSR count). The Bertz CT molecular complexity index is 1460. The Morgan fingerprint density at radius 2 is 0.863 bits per heavy atom. The van der Waals surface area contributed by atoms with Gasteiger partial charge in [-0.1, -0.05) is 217 Å². The molecule has 1 saturated heterocycles. The van der Waals surface area contributed by atoms with E-state index in [9.17, 15) is 34.5 Å². The van der Waals surface area contributed by atoms with Gasteiger partial charge in [0.05, 0.1) is 6.61 Å². The molecule has 0 saturated carbocycles. The van der Waals surface area contributed by atoms with Gasteiger partial charge in [-0.05, 0) is 77.0 Å². The molecule has 422 valence electrons. The van der Waals surface area contributed by atoms with Crippen molar-refractivity contribution in [3.8, 4) is 0 Å². The van der Waals surface area contributed by atoms with E-state index in [-0.39, 0.29) is 25.9 Å². The van der Waals surface area contributed by atoms with Crippen LogP contribution in [0.5, 0.6) is 0 Å². The number of aliphatic hydroxyl groups excluding tert-OH is 2. The number of esters is 3. The topological polar surface area (TPSA) is 175 Å². The van der Waals surface area contributed by atoms with Crippen LogP contribution >= 0.6 is 0 Å². The SMILES string of the molecule is CC/C=C\C/C=C\C/C=C\CCCCCC(=O)OC(COC(=O)CCCCCCC/C=C\CCCCCCCC)COC1OC(C(=O)O)C(O)C(O)C1OC(=O)CCCCCCCCCCCCCCCCC. The Kier molecular flexibility index (Phi) is 45.9. The zero-order valence-corrected chi connectivity index (χ0v) is 46.4. The highest BCUT2D eigenvalue weighted by atomic mass is 16.7. The highest BCUT2D eigenvalue weighted by Crippen LogP contribution is 2.26. The summed E-state index contributed by atoms with van der Waals surface area (Å²) < 4.78 is 28.4. The molecule has 3 N–H and O–H groups in total. The molecule has 1 aliphatic heterocycles. The number of rotatable bonds is 50. The van der Waals surface area contributed by atoms with Crippen LogP contribution in [0, 0.1) is 0 Å². The lowest BCUT2D eigenvalue weighted by atomic mass is 9.98. The summed E-state index contributed by atoms with van der Waals surface area (Å²) in [4.78, 5) is 51.1. The summed E-state index contributed by atoms with van der Waals surface area (Å²) in [6.45, 7) is 5.85. The first-order valence-corrected chi connectivity index (χ1v) is 29.6. The first-order valence-electron chi connectivity index (χ1n) is 29.6. The van der Waals surface area contributed by atoms with Crippen molar-refractivity contribution in [1.29, 1.82) is 0 Å². The summed E-state index contributed by atoms with van der Waals surface area (Å²) in [5.74, 6) is -3.15. The van der Waals surface area contributed by atoms with E-state index in [1.54, 1.807) is 0 Å². The van der Waals surface area contributed by atoms with Gasteiger partial charge in [0.1, 0.15) is 18.8 Å². The van der Waals surface area contributed by atoms with E-state index >= 15 is 0 Å². The van der Waals surface area contributed by atoms with E-state index in [0.717, 1.165) is 103 Å². The van der Waals surface area contributed by atoms with Crippen molar-refractivity contribution in [3.63, 3.8) is 0 Å². The van der Waals surface area contributed by atoms with Crippen molar-refractivity contribution in [2.75, 3.05) is 13.2 Å². The molecule has 1 heterocycles. The van der Waals surface area contributed by atoms with Gasteiger partial charge in [-0.25, -0.2) is 4.79 Å². The molecular formula is C61H106O12. The van der Waals surface area contributed by atoms with E-state index in [4.69, 9.17) is 23.7 Å². The number of aliphatic hydroxyl groups is 2. The fourth-order valence-corrected chi connectivity index (χ4v) is 8.85. The minimum atomic E-state index is -1.91. The second kappa shape index (κ2) is 49.6. The lowest BCUT2D eigenvalue weighted by Crippen LogP contribution is -2.61. The highest BCUT2D eigenvalue weighted by molar-refractivity contribution is 5.74. The normalized spacial score (nSPS) is 18.6. The van der Waals surface area contributed by atoms with Crippen molar-refractivity contribution in [2.24, 2.45) is 0 Å². The maximum absolute atomic E-state index is 13.1. The van der Waals surface area contributed by atoms with Crippen molar-refractivity contribution in [3.05, 3.63) is 48.6 Å². The van der Waals surface area contributed by atoms with Crippen LogP contribution in [0.4, 0.5) is 0 Å². The highest BCUT2D eigenvalue weighted by Gasteiger charge is 2.50. The number of aliphatic carboxylic acids is 1. The third-order valence-electron chi connectivity index (χ3n) is 13.4. The summed E-state index contributed by atoms with van der Waals surface area (Å²) in [5.41, 5.74) is 0. The van der Waals surface area contributed by atoms with E-state index < -0.39 is 67.3 Å². The van der Waals surface area contributed by atoms with Gasteiger partial charge in [-0.2, -0.15) is 0 Å². The van der Waals surface area contributed by atoms with Gasteiger partial charge >= 0.3 is 23.9 Å². The van der Waals surface area contributed by atoms with Crippen molar-refractivity contribution >= 4 is 23.9 Å². The van der Waals surface area contributed by atoms with Gasteiger partial charge in [0.25, 0.3) is 0 Å². The standard InChI is InChI=1S/C61H106O12/c1-4-7-10-13-16-19-22-25-27-30-32-35-38-41-44-47-53(62)69-50-52(71-54(63)48-45-42-39-36-33-29-24-21-18-15-12-9-6-3)51-70-61-59(57(66)56(65)58(73-61)60(67)68)72-55(64)49-46-43-40-37-34-31-28-26-23-20-17-14-11-8-5-2/h9,12,18,21,25,27,29,33,52,56-59,61,65-66H,4-8,10-11,13-17,19-20,22-24,26,28,30-32,34-51H2,1-3H3,(H,67,68)/b12-9-,21-18-,27-25-,33-29-. The Balaban J connectivity index is 2.70. The van der Waals surface area contributed by atoms with Crippen LogP contribution in [-0.2, 0) is 42.9 Å². The van der Waals surface area contributed by atoms with Gasteiger partial charge in [0.15, 0.2) is 24.6 Å². The Morgan fingerprint density at radius 3 is 1.34 bits per heavy atom. The Morgan fingerprint density at radius 1 is 0.466 bits per heavy atom. The summed E-state index contributed by atoms with van der Waals surface area (Å²) in [7, 11) is 0. The monoisotopic (exact) mass is 1030 g/mol. The van der Waals surface area contributed by atoms with Crippen molar-refractivity contribution in [2.45, 2.75) is 302 Å². The second-order valence-electron chi connectivity index (χ2n) is 20.3. The summed E-state index contributed by atoms with van der Waals surface area (Å²) in [6, 6.07) is 0. The molecule has 12 nitrogen and oxygen atoms in total. The molecule has 6 atom stereocenters. The number of carbonyl (C=O) groups is 4. The third-order valence-corrected chi connectivity index (χ3v) is 13.4. The van der Waals surface area contributed by atoms with Crippen LogP contribution in [0.3, 0.4) is 0 Å². The smallest absolute Gasteiger partial charge is 0.335 e. The molecule has 0 radical (unpaired) electrons. The van der Waals surface area contributed by atoms with Crippen molar-refractivity contribution < 1.29 is 58.2 Å². The molecule has 1 aliphatic rings. The van der Waals surface area contributed by atoms with E-state index in [1.807, 2.05) is 0 Å².